The average molecular weight is 199 g/mol. The van der Waals surface area contributed by atoms with Crippen LogP contribution in [0.15, 0.2) is 18.2 Å². The second kappa shape index (κ2) is 5.57. The van der Waals surface area contributed by atoms with Gasteiger partial charge in [0.1, 0.15) is 18.2 Å². The van der Waals surface area contributed by atoms with Crippen LogP contribution in [0.5, 0.6) is 5.75 Å². The van der Waals surface area contributed by atoms with Crippen LogP contribution in [0, 0.1) is 5.82 Å². The van der Waals surface area contributed by atoms with Crippen molar-refractivity contribution in [3.63, 3.8) is 0 Å². The van der Waals surface area contributed by atoms with E-state index in [1.807, 2.05) is 0 Å². The lowest BCUT2D eigenvalue weighted by molar-refractivity contribution is 0.146. The number of benzene rings is 1. The Morgan fingerprint density at radius 3 is 2.71 bits per heavy atom. The van der Waals surface area contributed by atoms with E-state index < -0.39 is 0 Å². The summed E-state index contributed by atoms with van der Waals surface area (Å²) in [6.07, 6.45) is 0. The third-order valence-corrected chi connectivity index (χ3v) is 1.72. The molecule has 0 fully saturated rings. The molecule has 4 heteroatoms. The number of methoxy groups -OCH3 is 1. The van der Waals surface area contributed by atoms with Crippen molar-refractivity contribution in [3.8, 4) is 5.75 Å². The molecule has 2 N–H and O–H groups in total. The van der Waals surface area contributed by atoms with Crippen molar-refractivity contribution in [3.05, 3.63) is 29.6 Å². The predicted octanol–water partition coefficient (Wildman–Crippen LogP) is 1.31. The van der Waals surface area contributed by atoms with Crippen molar-refractivity contribution in [2.45, 2.75) is 6.54 Å². The van der Waals surface area contributed by atoms with Gasteiger partial charge in [0.15, 0.2) is 0 Å². The van der Waals surface area contributed by atoms with Crippen molar-refractivity contribution >= 4 is 0 Å². The summed E-state index contributed by atoms with van der Waals surface area (Å²) >= 11 is 0. The first kappa shape index (κ1) is 10.9. The molecule has 0 aliphatic carbocycles. The normalized spacial score (nSPS) is 10.2. The minimum Gasteiger partial charge on any atom is -0.491 e. The van der Waals surface area contributed by atoms with E-state index in [4.69, 9.17) is 15.2 Å². The van der Waals surface area contributed by atoms with Crippen molar-refractivity contribution in [1.82, 2.24) is 0 Å². The minimum atomic E-state index is -0.333. The summed E-state index contributed by atoms with van der Waals surface area (Å²) in [4.78, 5) is 0. The summed E-state index contributed by atoms with van der Waals surface area (Å²) < 4.78 is 23.0. The van der Waals surface area contributed by atoms with Gasteiger partial charge < -0.3 is 15.2 Å². The average Bonchev–Trinajstić information content (AvgIpc) is 2.17. The fourth-order valence-electron chi connectivity index (χ4n) is 1.06. The van der Waals surface area contributed by atoms with Crippen LogP contribution < -0.4 is 10.5 Å². The third kappa shape index (κ3) is 3.32. The summed E-state index contributed by atoms with van der Waals surface area (Å²) in [6, 6.07) is 4.44. The van der Waals surface area contributed by atoms with Gasteiger partial charge in [-0.2, -0.15) is 0 Å². The van der Waals surface area contributed by atoms with Gasteiger partial charge >= 0.3 is 0 Å². The van der Waals surface area contributed by atoms with Gasteiger partial charge in [0.05, 0.1) is 6.61 Å². The minimum absolute atomic E-state index is 0.304. The molecule has 3 nitrogen and oxygen atoms in total. The van der Waals surface area contributed by atoms with E-state index in [-0.39, 0.29) is 5.82 Å². The Balaban J connectivity index is 2.62. The maximum Gasteiger partial charge on any atom is 0.127 e. The Kier molecular flexibility index (Phi) is 4.35. The highest BCUT2D eigenvalue weighted by molar-refractivity contribution is 5.29. The van der Waals surface area contributed by atoms with Crippen LogP contribution in [0.3, 0.4) is 0 Å². The Bertz CT molecular complexity index is 291. The summed E-state index contributed by atoms with van der Waals surface area (Å²) in [6.45, 7) is 1.19. The molecule has 0 bridgehead atoms. The molecule has 1 aromatic rings. The van der Waals surface area contributed by atoms with E-state index in [2.05, 4.69) is 0 Å². The zero-order valence-corrected chi connectivity index (χ0v) is 8.13. The van der Waals surface area contributed by atoms with Crippen LogP contribution >= 0.6 is 0 Å². The van der Waals surface area contributed by atoms with E-state index in [0.717, 1.165) is 5.56 Å². The van der Waals surface area contributed by atoms with Crippen molar-refractivity contribution < 1.29 is 13.9 Å². The molecule has 0 aliphatic rings. The summed E-state index contributed by atoms with van der Waals surface area (Å²) in [5.41, 5.74) is 6.12. The first-order chi connectivity index (χ1) is 6.76. The van der Waals surface area contributed by atoms with Gasteiger partial charge in [0, 0.05) is 19.7 Å². The molecule has 0 radical (unpaired) electrons. The Labute approximate surface area is 82.6 Å². The molecule has 1 aromatic carbocycles. The van der Waals surface area contributed by atoms with E-state index in [0.29, 0.717) is 25.5 Å². The summed E-state index contributed by atoms with van der Waals surface area (Å²) in [5.74, 6) is 0.155. The maximum absolute atomic E-state index is 13.0. The largest absolute Gasteiger partial charge is 0.491 e. The van der Waals surface area contributed by atoms with Crippen LogP contribution in [0.1, 0.15) is 5.56 Å². The molecule has 0 amide bonds. The molecular formula is C10H14FNO2. The molecule has 0 saturated carbocycles. The predicted molar refractivity (Wildman–Crippen MR) is 51.7 cm³/mol. The number of hydrogen-bond donors (Lipinski definition) is 1. The lowest BCUT2D eigenvalue weighted by Crippen LogP contribution is -2.05. The number of ether oxygens (including phenoxy) is 2. The summed E-state index contributed by atoms with van der Waals surface area (Å²) in [5, 5.41) is 0. The van der Waals surface area contributed by atoms with Crippen LogP contribution in [-0.4, -0.2) is 20.3 Å². The zero-order chi connectivity index (χ0) is 10.4. The van der Waals surface area contributed by atoms with Gasteiger partial charge in [-0.15, -0.1) is 0 Å². The van der Waals surface area contributed by atoms with Gasteiger partial charge in [0.25, 0.3) is 0 Å². The Hall–Kier alpha value is -1.13. The first-order valence-electron chi connectivity index (χ1n) is 4.37. The molecule has 0 aliphatic heterocycles. The van der Waals surface area contributed by atoms with E-state index >= 15 is 0 Å². The smallest absolute Gasteiger partial charge is 0.127 e. The molecule has 0 saturated heterocycles. The highest BCUT2D eigenvalue weighted by Crippen LogP contribution is 2.15. The van der Waals surface area contributed by atoms with E-state index in [9.17, 15) is 4.39 Å². The second-order valence-corrected chi connectivity index (χ2v) is 2.84. The van der Waals surface area contributed by atoms with E-state index in [1.165, 1.54) is 12.1 Å². The number of rotatable bonds is 5. The zero-order valence-electron chi connectivity index (χ0n) is 8.13. The van der Waals surface area contributed by atoms with Crippen LogP contribution in [-0.2, 0) is 11.3 Å². The highest BCUT2D eigenvalue weighted by atomic mass is 19.1. The van der Waals surface area contributed by atoms with Gasteiger partial charge in [-0.25, -0.2) is 4.39 Å². The second-order valence-electron chi connectivity index (χ2n) is 2.84. The Morgan fingerprint density at radius 1 is 1.29 bits per heavy atom. The standard InChI is InChI=1S/C10H14FNO2/c1-13-2-3-14-10-5-8(7-12)4-9(11)6-10/h4-6H,2-3,7,12H2,1H3. The molecule has 1 rings (SSSR count). The molecule has 0 heterocycles. The maximum atomic E-state index is 13.0. The van der Waals surface area contributed by atoms with Gasteiger partial charge in [-0.1, -0.05) is 0 Å². The molecule has 0 atom stereocenters. The molecule has 14 heavy (non-hydrogen) atoms. The lowest BCUT2D eigenvalue weighted by atomic mass is 10.2. The molecule has 0 aromatic heterocycles. The molecule has 78 valence electrons. The van der Waals surface area contributed by atoms with Crippen molar-refractivity contribution in [1.29, 1.82) is 0 Å². The van der Waals surface area contributed by atoms with Gasteiger partial charge in [-0.3, -0.25) is 0 Å². The third-order valence-electron chi connectivity index (χ3n) is 1.72. The fraction of sp³-hybridized carbons (Fsp3) is 0.400. The van der Waals surface area contributed by atoms with Crippen LogP contribution in [0.4, 0.5) is 4.39 Å². The monoisotopic (exact) mass is 199 g/mol. The molecule has 0 unspecified atom stereocenters. The number of hydrogen-bond acceptors (Lipinski definition) is 3. The lowest BCUT2D eigenvalue weighted by Gasteiger charge is -2.07. The van der Waals surface area contributed by atoms with E-state index in [1.54, 1.807) is 13.2 Å². The van der Waals surface area contributed by atoms with Crippen LogP contribution in [0.25, 0.3) is 0 Å². The quantitative estimate of drug-likeness (QED) is 0.727. The Morgan fingerprint density at radius 2 is 2.07 bits per heavy atom. The first-order valence-corrected chi connectivity index (χ1v) is 4.37. The molecular weight excluding hydrogens is 185 g/mol. The van der Waals surface area contributed by atoms with Crippen molar-refractivity contribution in [2.75, 3.05) is 20.3 Å². The topological polar surface area (TPSA) is 44.5 Å². The van der Waals surface area contributed by atoms with Gasteiger partial charge in [-0.05, 0) is 17.7 Å². The number of nitrogens with two attached hydrogens (primary N) is 1. The molecule has 0 spiro atoms. The van der Waals surface area contributed by atoms with Crippen LogP contribution in [0.2, 0.25) is 0 Å². The number of halogens is 1. The fourth-order valence-corrected chi connectivity index (χ4v) is 1.06. The van der Waals surface area contributed by atoms with Gasteiger partial charge in [0.2, 0.25) is 0 Å². The SMILES string of the molecule is COCCOc1cc(F)cc(CN)c1. The highest BCUT2D eigenvalue weighted by Gasteiger charge is 2.00. The summed E-state index contributed by atoms with van der Waals surface area (Å²) in [7, 11) is 1.58. The van der Waals surface area contributed by atoms with Crippen molar-refractivity contribution in [2.24, 2.45) is 5.73 Å².